The molecule has 0 bridgehead atoms. The van der Waals surface area contributed by atoms with E-state index in [2.05, 4.69) is 62.2 Å². The Kier molecular flexibility index (Phi) is 5.74. The maximum Gasteiger partial charge on any atom is 0.339 e. The molecule has 0 saturated carbocycles. The molecule has 0 fully saturated rings. The van der Waals surface area contributed by atoms with Gasteiger partial charge in [-0.05, 0) is 59.3 Å². The van der Waals surface area contributed by atoms with Crippen molar-refractivity contribution in [1.82, 2.24) is 4.57 Å². The number of carboxylic acids is 1. The minimum Gasteiger partial charge on any atom is -0.478 e. The standard InChI is InChI=1S/C14H10BrNO3.C9H7Br/c15-10-2-1-9-3-5-16(12(9)7-10)8-13-11(14(17)18)4-6-19-13;10-9-5-4-7-2-1-3-8(7)6-9/h1-7H,8H2,(H,17,18);1-2,4-6H,3H2. The third-order valence-electron chi connectivity index (χ3n) is 4.77. The maximum atomic E-state index is 11.1. The lowest BCUT2D eigenvalue weighted by molar-refractivity contribution is 0.0694. The van der Waals surface area contributed by atoms with Crippen molar-refractivity contribution in [3.63, 3.8) is 0 Å². The minimum absolute atomic E-state index is 0.205. The molecule has 4 nitrogen and oxygen atoms in total. The lowest BCUT2D eigenvalue weighted by Crippen LogP contribution is -2.03. The molecular formula is C23H17Br2NO3. The van der Waals surface area contributed by atoms with Gasteiger partial charge < -0.3 is 14.1 Å². The number of fused-ring (bicyclic) bond motifs is 2. The van der Waals surface area contributed by atoms with Crippen LogP contribution in [0.15, 0.2) is 80.4 Å². The molecule has 0 saturated heterocycles. The van der Waals surface area contributed by atoms with Crippen molar-refractivity contribution in [2.24, 2.45) is 0 Å². The van der Waals surface area contributed by atoms with Gasteiger partial charge in [-0.1, -0.05) is 56.1 Å². The number of hydrogen-bond donors (Lipinski definition) is 1. The van der Waals surface area contributed by atoms with E-state index in [9.17, 15) is 4.79 Å². The quantitative estimate of drug-likeness (QED) is 0.328. The van der Waals surface area contributed by atoms with Gasteiger partial charge in [0.05, 0.1) is 12.8 Å². The third-order valence-corrected chi connectivity index (χ3v) is 5.75. The highest BCUT2D eigenvalue weighted by Gasteiger charge is 2.14. The second kappa shape index (κ2) is 8.43. The smallest absolute Gasteiger partial charge is 0.339 e. The average molecular weight is 515 g/mol. The van der Waals surface area contributed by atoms with E-state index in [1.807, 2.05) is 35.0 Å². The number of carbonyl (C=O) groups is 1. The fourth-order valence-electron chi connectivity index (χ4n) is 3.33. The Morgan fingerprint density at radius 3 is 2.69 bits per heavy atom. The van der Waals surface area contributed by atoms with Gasteiger partial charge in [0.1, 0.15) is 11.3 Å². The summed E-state index contributed by atoms with van der Waals surface area (Å²) >= 11 is 6.87. The second-order valence-electron chi connectivity index (χ2n) is 6.66. The van der Waals surface area contributed by atoms with Crippen LogP contribution in [0.1, 0.15) is 27.2 Å². The lowest BCUT2D eigenvalue weighted by atomic mass is 10.1. The number of nitrogens with zero attached hydrogens (tertiary/aromatic N) is 1. The van der Waals surface area contributed by atoms with Gasteiger partial charge >= 0.3 is 5.97 Å². The van der Waals surface area contributed by atoms with E-state index in [1.54, 1.807) is 0 Å². The van der Waals surface area contributed by atoms with Crippen molar-refractivity contribution < 1.29 is 14.3 Å². The molecule has 4 aromatic rings. The number of hydrogen-bond acceptors (Lipinski definition) is 2. The first-order valence-corrected chi connectivity index (χ1v) is 10.6. The Balaban J connectivity index is 0.000000171. The first kappa shape index (κ1) is 19.7. The lowest BCUT2D eigenvalue weighted by Gasteiger charge is -2.04. The van der Waals surface area contributed by atoms with Crippen molar-refractivity contribution in [3.8, 4) is 0 Å². The molecular weight excluding hydrogens is 498 g/mol. The number of aromatic nitrogens is 1. The van der Waals surface area contributed by atoms with Crippen molar-refractivity contribution in [1.29, 1.82) is 0 Å². The molecule has 2 aromatic carbocycles. The topological polar surface area (TPSA) is 55.4 Å². The van der Waals surface area contributed by atoms with Crippen LogP contribution in [0.2, 0.25) is 0 Å². The zero-order chi connectivity index (χ0) is 20.4. The van der Waals surface area contributed by atoms with Gasteiger partial charge in [0.2, 0.25) is 0 Å². The molecule has 0 aliphatic heterocycles. The van der Waals surface area contributed by atoms with E-state index < -0.39 is 5.97 Å². The largest absolute Gasteiger partial charge is 0.478 e. The van der Waals surface area contributed by atoms with Crippen molar-refractivity contribution >= 4 is 54.8 Å². The summed E-state index contributed by atoms with van der Waals surface area (Å²) in [5.41, 5.74) is 4.02. The summed E-state index contributed by atoms with van der Waals surface area (Å²) in [6, 6.07) is 15.8. The first-order valence-electron chi connectivity index (χ1n) is 9.00. The minimum atomic E-state index is -0.971. The van der Waals surface area contributed by atoms with Gasteiger partial charge in [-0.25, -0.2) is 4.79 Å². The zero-order valence-corrected chi connectivity index (χ0v) is 18.5. The first-order chi connectivity index (χ1) is 14.0. The molecule has 1 N–H and O–H groups in total. The van der Waals surface area contributed by atoms with E-state index in [0.717, 1.165) is 21.8 Å². The number of allylic oxidation sites excluding steroid dienone is 1. The third kappa shape index (κ3) is 4.38. The SMILES string of the molecule is Brc1ccc2c(c1)CC=C2.O=C(O)c1ccoc1Cn1ccc2ccc(Br)cc21. The molecule has 2 heterocycles. The fraction of sp³-hybridized carbons (Fsp3) is 0.0870. The normalized spacial score (nSPS) is 11.9. The Morgan fingerprint density at radius 2 is 1.86 bits per heavy atom. The molecule has 5 rings (SSSR count). The van der Waals surface area contributed by atoms with E-state index in [0.29, 0.717) is 12.3 Å². The summed E-state index contributed by atoms with van der Waals surface area (Å²) < 4.78 is 9.39. The Bertz CT molecular complexity index is 1220. The highest BCUT2D eigenvalue weighted by Crippen LogP contribution is 2.24. The molecule has 1 aliphatic rings. The van der Waals surface area contributed by atoms with Gasteiger partial charge in [0, 0.05) is 20.7 Å². The van der Waals surface area contributed by atoms with E-state index in [1.165, 1.54) is 27.9 Å². The van der Waals surface area contributed by atoms with Crippen LogP contribution in [-0.4, -0.2) is 15.6 Å². The van der Waals surface area contributed by atoms with E-state index >= 15 is 0 Å². The van der Waals surface area contributed by atoms with Gasteiger partial charge in [-0.15, -0.1) is 0 Å². The molecule has 0 atom stereocenters. The van der Waals surface area contributed by atoms with E-state index in [-0.39, 0.29) is 5.56 Å². The number of aromatic carboxylic acids is 1. The maximum absolute atomic E-state index is 11.1. The van der Waals surface area contributed by atoms with Crippen LogP contribution in [0.3, 0.4) is 0 Å². The molecule has 2 aromatic heterocycles. The van der Waals surface area contributed by atoms with Crippen LogP contribution in [-0.2, 0) is 13.0 Å². The van der Waals surface area contributed by atoms with E-state index in [4.69, 9.17) is 9.52 Å². The van der Waals surface area contributed by atoms with Gasteiger partial charge in [-0.3, -0.25) is 0 Å². The predicted molar refractivity (Wildman–Crippen MR) is 121 cm³/mol. The van der Waals surface area contributed by atoms with Crippen molar-refractivity contribution in [2.75, 3.05) is 0 Å². The summed E-state index contributed by atoms with van der Waals surface area (Å²) in [5, 5.41) is 10.2. The number of furan rings is 1. The number of carboxylic acid groups (broad SMARTS) is 1. The van der Waals surface area contributed by atoms with Crippen molar-refractivity contribution in [3.05, 3.63) is 98.5 Å². The van der Waals surface area contributed by atoms with Crippen LogP contribution in [0, 0.1) is 0 Å². The molecule has 146 valence electrons. The number of halogens is 2. The van der Waals surface area contributed by atoms with Crippen LogP contribution < -0.4 is 0 Å². The number of benzene rings is 2. The summed E-state index contributed by atoms with van der Waals surface area (Å²) in [7, 11) is 0. The number of rotatable bonds is 3. The second-order valence-corrected chi connectivity index (χ2v) is 8.49. The highest BCUT2D eigenvalue weighted by atomic mass is 79.9. The zero-order valence-electron chi connectivity index (χ0n) is 15.3. The predicted octanol–water partition coefficient (Wildman–Crippen LogP) is 6.76. The summed E-state index contributed by atoms with van der Waals surface area (Å²) in [4.78, 5) is 11.1. The van der Waals surface area contributed by atoms with Crippen LogP contribution in [0.4, 0.5) is 0 Å². The molecule has 1 aliphatic carbocycles. The molecule has 6 heteroatoms. The molecule has 0 amide bonds. The Hall–Kier alpha value is -2.57. The van der Waals surface area contributed by atoms with Crippen molar-refractivity contribution in [2.45, 2.75) is 13.0 Å². The fourth-order valence-corrected chi connectivity index (χ4v) is 4.09. The Labute approximate surface area is 184 Å². The average Bonchev–Trinajstić information content (AvgIpc) is 3.42. The van der Waals surface area contributed by atoms with Crippen LogP contribution >= 0.6 is 31.9 Å². The van der Waals surface area contributed by atoms with Gasteiger partial charge in [0.25, 0.3) is 0 Å². The summed E-state index contributed by atoms with van der Waals surface area (Å²) in [6.07, 6.45) is 8.78. The molecule has 0 spiro atoms. The molecule has 0 unspecified atom stereocenters. The van der Waals surface area contributed by atoms with Crippen LogP contribution in [0.25, 0.3) is 17.0 Å². The van der Waals surface area contributed by atoms with Crippen LogP contribution in [0.5, 0.6) is 0 Å². The molecule has 29 heavy (non-hydrogen) atoms. The Morgan fingerprint density at radius 1 is 1.07 bits per heavy atom. The molecule has 0 radical (unpaired) electrons. The summed E-state index contributed by atoms with van der Waals surface area (Å²) in [6.45, 7) is 0.397. The van der Waals surface area contributed by atoms with Gasteiger partial charge in [-0.2, -0.15) is 0 Å². The monoisotopic (exact) mass is 513 g/mol. The van der Waals surface area contributed by atoms with Gasteiger partial charge in [0.15, 0.2) is 0 Å². The highest BCUT2D eigenvalue weighted by molar-refractivity contribution is 9.10. The summed E-state index contributed by atoms with van der Waals surface area (Å²) in [5.74, 6) is -0.522.